The van der Waals surface area contributed by atoms with Crippen LogP contribution >= 0.6 is 23.2 Å². The predicted octanol–water partition coefficient (Wildman–Crippen LogP) is 2.85. The highest BCUT2D eigenvalue weighted by Gasteiger charge is 2.30. The van der Waals surface area contributed by atoms with Gasteiger partial charge in [0.25, 0.3) is 0 Å². The topological polar surface area (TPSA) is 55.8 Å². The van der Waals surface area contributed by atoms with Gasteiger partial charge in [0.1, 0.15) is 0 Å². The molecule has 0 spiro atoms. The van der Waals surface area contributed by atoms with Crippen LogP contribution in [0, 0.1) is 5.92 Å². The van der Waals surface area contributed by atoms with E-state index in [1.807, 2.05) is 0 Å². The molecule has 8 heteroatoms. The number of ether oxygens (including phenoxy) is 2. The second-order valence-corrected chi connectivity index (χ2v) is 9.10. The van der Waals surface area contributed by atoms with E-state index in [0.717, 1.165) is 25.9 Å². The lowest BCUT2D eigenvalue weighted by Gasteiger charge is -2.33. The standard InChI is InChI=1S/C16H21Cl2NO4S/c17-13-1-2-14(18)15(11-13)24(20,21)10-7-19-5-3-12(4-6-19)16-22-8-9-23-16/h1-2,11-12,16H,3-10H2. The van der Waals surface area contributed by atoms with Crippen molar-refractivity contribution in [3.8, 4) is 0 Å². The minimum absolute atomic E-state index is 0.0359. The second kappa shape index (κ2) is 7.89. The van der Waals surface area contributed by atoms with Crippen molar-refractivity contribution in [2.45, 2.75) is 24.0 Å². The van der Waals surface area contributed by atoms with Crippen molar-refractivity contribution in [3.63, 3.8) is 0 Å². The molecule has 3 rings (SSSR count). The maximum absolute atomic E-state index is 12.5. The molecule has 0 aliphatic carbocycles. The van der Waals surface area contributed by atoms with Gasteiger partial charge in [0, 0.05) is 17.5 Å². The Balaban J connectivity index is 1.53. The molecule has 2 heterocycles. The lowest BCUT2D eigenvalue weighted by Crippen LogP contribution is -2.40. The smallest absolute Gasteiger partial charge is 0.181 e. The van der Waals surface area contributed by atoms with Crippen molar-refractivity contribution in [3.05, 3.63) is 28.2 Å². The van der Waals surface area contributed by atoms with Crippen molar-refractivity contribution in [2.24, 2.45) is 5.92 Å². The van der Waals surface area contributed by atoms with Gasteiger partial charge in [-0.3, -0.25) is 0 Å². The number of hydrogen-bond acceptors (Lipinski definition) is 5. The van der Waals surface area contributed by atoms with E-state index in [4.69, 9.17) is 32.7 Å². The van der Waals surface area contributed by atoms with E-state index in [2.05, 4.69) is 4.90 Å². The van der Waals surface area contributed by atoms with Gasteiger partial charge in [0.15, 0.2) is 16.1 Å². The molecule has 1 aromatic rings. The maximum atomic E-state index is 12.5. The summed E-state index contributed by atoms with van der Waals surface area (Å²) in [5.41, 5.74) is 0. The highest BCUT2D eigenvalue weighted by molar-refractivity contribution is 7.91. The van der Waals surface area contributed by atoms with Gasteiger partial charge in [0.2, 0.25) is 0 Å². The fourth-order valence-corrected chi connectivity index (χ4v) is 5.27. The first-order chi connectivity index (χ1) is 11.5. The van der Waals surface area contributed by atoms with Crippen LogP contribution in [0.2, 0.25) is 10.0 Å². The molecule has 0 atom stereocenters. The first kappa shape index (κ1) is 18.4. The summed E-state index contributed by atoms with van der Waals surface area (Å²) in [5, 5.41) is 0.587. The van der Waals surface area contributed by atoms with Gasteiger partial charge in [-0.1, -0.05) is 23.2 Å². The quantitative estimate of drug-likeness (QED) is 0.769. The molecule has 0 saturated carbocycles. The number of benzene rings is 1. The monoisotopic (exact) mass is 393 g/mol. The van der Waals surface area contributed by atoms with Crippen LogP contribution in [0.4, 0.5) is 0 Å². The number of rotatable bonds is 5. The highest BCUT2D eigenvalue weighted by Crippen LogP contribution is 2.28. The number of halogens is 2. The van der Waals surface area contributed by atoms with E-state index in [9.17, 15) is 8.42 Å². The van der Waals surface area contributed by atoms with E-state index < -0.39 is 9.84 Å². The van der Waals surface area contributed by atoms with Gasteiger partial charge >= 0.3 is 0 Å². The average molecular weight is 394 g/mol. The molecule has 5 nitrogen and oxygen atoms in total. The molecule has 24 heavy (non-hydrogen) atoms. The summed E-state index contributed by atoms with van der Waals surface area (Å²) in [6.45, 7) is 3.54. The number of sulfone groups is 1. The predicted molar refractivity (Wildman–Crippen MR) is 93.4 cm³/mol. The van der Waals surface area contributed by atoms with E-state index in [0.29, 0.717) is 30.7 Å². The Morgan fingerprint density at radius 2 is 1.79 bits per heavy atom. The molecule has 2 aliphatic heterocycles. The number of likely N-dealkylation sites (tertiary alicyclic amines) is 1. The third-order valence-electron chi connectivity index (χ3n) is 4.57. The van der Waals surface area contributed by atoms with Gasteiger partial charge in [-0.15, -0.1) is 0 Å². The normalized spacial score (nSPS) is 21.4. The fourth-order valence-electron chi connectivity index (χ4n) is 3.17. The molecular weight excluding hydrogens is 373 g/mol. The van der Waals surface area contributed by atoms with Crippen molar-refractivity contribution < 1.29 is 17.9 Å². The van der Waals surface area contributed by atoms with Crippen LogP contribution in [0.3, 0.4) is 0 Å². The SMILES string of the molecule is O=S(=O)(CCN1CCC(C2OCCO2)CC1)c1cc(Cl)ccc1Cl. The average Bonchev–Trinajstić information content (AvgIpc) is 3.10. The fraction of sp³-hybridized carbons (Fsp3) is 0.625. The lowest BCUT2D eigenvalue weighted by atomic mass is 9.96. The molecule has 2 saturated heterocycles. The second-order valence-electron chi connectivity index (χ2n) is 6.18. The van der Waals surface area contributed by atoms with Crippen LogP contribution in [-0.4, -0.2) is 58.2 Å². The van der Waals surface area contributed by atoms with Crippen LogP contribution in [0.1, 0.15) is 12.8 Å². The minimum Gasteiger partial charge on any atom is -0.350 e. The molecule has 0 N–H and O–H groups in total. The third kappa shape index (κ3) is 4.42. The summed E-state index contributed by atoms with van der Waals surface area (Å²) in [4.78, 5) is 2.28. The number of piperidine rings is 1. The Hall–Kier alpha value is -0.370. The number of hydrogen-bond donors (Lipinski definition) is 0. The molecule has 134 valence electrons. The van der Waals surface area contributed by atoms with Crippen LogP contribution < -0.4 is 0 Å². The zero-order valence-corrected chi connectivity index (χ0v) is 15.6. The van der Waals surface area contributed by atoms with E-state index >= 15 is 0 Å². The Morgan fingerprint density at radius 1 is 1.12 bits per heavy atom. The van der Waals surface area contributed by atoms with E-state index in [1.165, 1.54) is 12.1 Å². The molecule has 1 aromatic carbocycles. The molecule has 2 fully saturated rings. The van der Waals surface area contributed by atoms with Crippen LogP contribution in [-0.2, 0) is 19.3 Å². The summed E-state index contributed by atoms with van der Waals surface area (Å²) < 4.78 is 36.1. The molecule has 0 amide bonds. The summed E-state index contributed by atoms with van der Waals surface area (Å²) in [7, 11) is -3.45. The molecule has 0 bridgehead atoms. The summed E-state index contributed by atoms with van der Waals surface area (Å²) in [6.07, 6.45) is 1.84. The molecule has 0 unspecified atom stereocenters. The molecule has 0 aromatic heterocycles. The van der Waals surface area contributed by atoms with Crippen molar-refractivity contribution in [1.82, 2.24) is 4.90 Å². The van der Waals surface area contributed by atoms with Crippen LogP contribution in [0.25, 0.3) is 0 Å². The Labute approximate surface area is 152 Å². The molecular formula is C16H21Cl2NO4S. The first-order valence-electron chi connectivity index (χ1n) is 8.09. The summed E-state index contributed by atoms with van der Waals surface area (Å²) in [6, 6.07) is 4.52. The van der Waals surface area contributed by atoms with Crippen LogP contribution in [0.5, 0.6) is 0 Å². The Bertz CT molecular complexity index is 669. The Morgan fingerprint density at radius 3 is 2.46 bits per heavy atom. The van der Waals surface area contributed by atoms with Gasteiger partial charge in [-0.2, -0.15) is 0 Å². The maximum Gasteiger partial charge on any atom is 0.181 e. The zero-order valence-electron chi connectivity index (χ0n) is 13.3. The zero-order chi connectivity index (χ0) is 17.2. The van der Waals surface area contributed by atoms with Gasteiger partial charge in [0.05, 0.1) is 28.9 Å². The minimum atomic E-state index is -3.45. The largest absolute Gasteiger partial charge is 0.350 e. The third-order valence-corrected chi connectivity index (χ3v) is 6.97. The number of nitrogens with zero attached hydrogens (tertiary/aromatic N) is 1. The van der Waals surface area contributed by atoms with Gasteiger partial charge in [-0.05, 0) is 44.1 Å². The Kier molecular flexibility index (Phi) is 6.06. The first-order valence-corrected chi connectivity index (χ1v) is 10.5. The van der Waals surface area contributed by atoms with Crippen LogP contribution in [0.15, 0.2) is 23.1 Å². The summed E-state index contributed by atoms with van der Waals surface area (Å²) in [5.74, 6) is 0.441. The van der Waals surface area contributed by atoms with Crippen molar-refractivity contribution >= 4 is 33.0 Å². The van der Waals surface area contributed by atoms with Crippen molar-refractivity contribution in [2.75, 3.05) is 38.6 Å². The van der Waals surface area contributed by atoms with Gasteiger partial charge < -0.3 is 14.4 Å². The highest BCUT2D eigenvalue weighted by atomic mass is 35.5. The van der Waals surface area contributed by atoms with E-state index in [-0.39, 0.29) is 22.0 Å². The van der Waals surface area contributed by atoms with E-state index in [1.54, 1.807) is 6.07 Å². The van der Waals surface area contributed by atoms with Gasteiger partial charge in [-0.25, -0.2) is 8.42 Å². The lowest BCUT2D eigenvalue weighted by molar-refractivity contribution is -0.0970. The molecule has 0 radical (unpaired) electrons. The molecule has 2 aliphatic rings. The van der Waals surface area contributed by atoms with Crippen molar-refractivity contribution in [1.29, 1.82) is 0 Å². The summed E-state index contributed by atoms with van der Waals surface area (Å²) >= 11 is 11.9.